The Kier molecular flexibility index (Phi) is 26.8. The predicted octanol–water partition coefficient (Wildman–Crippen LogP) is 17.2. The Bertz CT molecular complexity index is 1740. The highest BCUT2D eigenvalue weighted by molar-refractivity contribution is 4.95. The Morgan fingerprint density at radius 2 is 0.512 bits per heavy atom. The summed E-state index contributed by atoms with van der Waals surface area (Å²) >= 11 is 0. The molecule has 472 valence electrons. The van der Waals surface area contributed by atoms with Gasteiger partial charge in [-0.25, -0.2) is 0 Å². The minimum Gasteiger partial charge on any atom is -0.350 e. The molecule has 0 radical (unpaired) electrons. The molecule has 0 aromatic carbocycles. The van der Waals surface area contributed by atoms with Crippen molar-refractivity contribution in [2.75, 3.05) is 6.61 Å². The van der Waals surface area contributed by atoms with E-state index >= 15 is 0 Å². The van der Waals surface area contributed by atoms with Gasteiger partial charge in [0.05, 0.1) is 49.3 Å². The van der Waals surface area contributed by atoms with Gasteiger partial charge in [0.25, 0.3) is 0 Å². The average molecular weight is 1140 g/mol. The molecule has 80 heavy (non-hydrogen) atoms. The Balaban J connectivity index is 0.000000227. The van der Waals surface area contributed by atoms with Crippen LogP contribution in [0.15, 0.2) is 0 Å². The summed E-state index contributed by atoms with van der Waals surface area (Å²) in [4.78, 5) is 0. The van der Waals surface area contributed by atoms with E-state index < -0.39 is 11.6 Å². The normalized spacial score (nSPS) is 51.7. The van der Waals surface area contributed by atoms with E-state index in [1.54, 1.807) is 0 Å². The Hall–Kier alpha value is -0.440. The summed E-state index contributed by atoms with van der Waals surface area (Å²) in [7, 11) is 0. The van der Waals surface area contributed by atoms with Crippen LogP contribution in [0.5, 0.6) is 0 Å². The second kappa shape index (κ2) is 30.5. The molecule has 7 rings (SSSR count). The van der Waals surface area contributed by atoms with E-state index in [-0.39, 0.29) is 61.8 Å². The molecule has 0 saturated carbocycles. The highest BCUT2D eigenvalue weighted by Gasteiger charge is 2.56. The lowest BCUT2D eigenvalue weighted by Crippen LogP contribution is -2.53. The molecule has 11 heteroatoms. The van der Waals surface area contributed by atoms with Crippen LogP contribution < -0.4 is 0 Å². The van der Waals surface area contributed by atoms with Crippen LogP contribution in [0.1, 0.15) is 238 Å². The lowest BCUT2D eigenvalue weighted by Gasteiger charge is -2.48. The first-order chi connectivity index (χ1) is 37.6. The first-order valence-corrected chi connectivity index (χ1v) is 33.9. The van der Waals surface area contributed by atoms with Crippen molar-refractivity contribution in [2.45, 2.75) is 324 Å². The minimum absolute atomic E-state index is 0.0215. The third-order valence-corrected chi connectivity index (χ3v) is 24.5. The van der Waals surface area contributed by atoms with Gasteiger partial charge < -0.3 is 52.1 Å². The number of ether oxygens (including phenoxy) is 11. The molecule has 0 spiro atoms. The van der Waals surface area contributed by atoms with Crippen LogP contribution in [-0.2, 0) is 52.1 Å². The third-order valence-electron chi connectivity index (χ3n) is 24.5. The van der Waals surface area contributed by atoms with E-state index in [1.165, 1.54) is 0 Å². The zero-order chi connectivity index (χ0) is 60.0. The van der Waals surface area contributed by atoms with Crippen LogP contribution >= 0.6 is 0 Å². The van der Waals surface area contributed by atoms with Gasteiger partial charge in [-0.15, -0.1) is 0 Å². The van der Waals surface area contributed by atoms with Gasteiger partial charge in [0.1, 0.15) is 0 Å². The number of rotatable bonds is 17. The Labute approximate surface area is 493 Å². The summed E-state index contributed by atoms with van der Waals surface area (Å²) < 4.78 is 71.4. The van der Waals surface area contributed by atoms with Crippen molar-refractivity contribution in [2.24, 2.45) is 112 Å². The third kappa shape index (κ3) is 14.9. The smallest absolute Gasteiger partial charge is 0.174 e. The summed E-state index contributed by atoms with van der Waals surface area (Å²) in [6, 6.07) is 0. The van der Waals surface area contributed by atoms with Gasteiger partial charge in [0.2, 0.25) is 0 Å². The fourth-order valence-corrected chi connectivity index (χ4v) is 15.5. The summed E-state index contributed by atoms with van der Waals surface area (Å²) in [6.07, 6.45) is 8.66. The van der Waals surface area contributed by atoms with Crippen molar-refractivity contribution in [1.29, 1.82) is 0 Å². The van der Waals surface area contributed by atoms with Crippen LogP contribution in [0, 0.1) is 112 Å². The van der Waals surface area contributed by atoms with Gasteiger partial charge in [0.15, 0.2) is 43.0 Å². The van der Waals surface area contributed by atoms with Gasteiger partial charge in [0, 0.05) is 41.4 Å². The van der Waals surface area contributed by atoms with Gasteiger partial charge in [-0.2, -0.15) is 0 Å². The van der Waals surface area contributed by atoms with E-state index in [1.807, 2.05) is 0 Å². The monoisotopic (exact) mass is 1130 g/mol. The summed E-state index contributed by atoms with van der Waals surface area (Å²) in [5.41, 5.74) is 0. The lowest BCUT2D eigenvalue weighted by atomic mass is 9.77. The van der Waals surface area contributed by atoms with Gasteiger partial charge >= 0.3 is 0 Å². The van der Waals surface area contributed by atoms with Crippen molar-refractivity contribution >= 4 is 0 Å². The second-order valence-corrected chi connectivity index (χ2v) is 28.2. The summed E-state index contributed by atoms with van der Waals surface area (Å²) in [6.45, 7) is 61.8. The predicted molar refractivity (Wildman–Crippen MR) is 324 cm³/mol. The maximum atomic E-state index is 6.81. The van der Waals surface area contributed by atoms with Crippen molar-refractivity contribution in [3.63, 3.8) is 0 Å². The molecule has 7 aliphatic rings. The molecule has 0 aliphatic carbocycles. The maximum Gasteiger partial charge on any atom is 0.174 e. The largest absolute Gasteiger partial charge is 0.350 e. The average Bonchev–Trinajstić information content (AvgIpc) is 3.85. The lowest BCUT2D eigenvalue weighted by molar-refractivity contribution is -0.360. The zero-order valence-corrected chi connectivity index (χ0v) is 56.8. The van der Waals surface area contributed by atoms with Crippen LogP contribution in [0.4, 0.5) is 0 Å². The molecule has 0 unspecified atom stereocenters. The van der Waals surface area contributed by atoms with Crippen LogP contribution in [0.25, 0.3) is 0 Å². The van der Waals surface area contributed by atoms with E-state index in [9.17, 15) is 0 Å². The first kappa shape index (κ1) is 70.3. The van der Waals surface area contributed by atoms with Gasteiger partial charge in [-0.05, 0) is 122 Å². The van der Waals surface area contributed by atoms with E-state index in [2.05, 4.69) is 187 Å². The van der Waals surface area contributed by atoms with Crippen molar-refractivity contribution < 1.29 is 52.1 Å². The quantitative estimate of drug-likeness (QED) is 0.139. The fraction of sp³-hybridized carbons (Fsp3) is 1.00. The molecular weight excluding hydrogens is 1000 g/mol. The topological polar surface area (TPSA) is 102 Å². The fourth-order valence-electron chi connectivity index (χ4n) is 15.5. The molecular formula is C69H130O11. The van der Waals surface area contributed by atoms with E-state index in [0.29, 0.717) is 131 Å². The SMILES string of the molecule is CC[C@H]1O[C@@](CC)(O[C@H]2O[C@H](CC)[C@@H](C)[C@H](C)[C@H]2C)[C@@H](C)[C@@H]1C.CC[C@H]1O[C@H](OC[C@H]2O[C@H](O[C@]3(CC)O[C@H](CC)[C@@H](C)[C@@H]3C)[C@H](C)[C@@H](C)[C@@H]2C)[C@H](C)[C@@H](C)[C@H]1C.CC[C@H]1O[C@H](O[C@H]2O[C@H](CC)[C@@H](C)[C@H](C)[C@H]2C)[C@H](C)[C@@H](C)[C@@H]1C. The molecule has 0 amide bonds. The van der Waals surface area contributed by atoms with Crippen molar-refractivity contribution in [3.8, 4) is 0 Å². The molecule has 0 N–H and O–H groups in total. The highest BCUT2D eigenvalue weighted by atomic mass is 16.8. The van der Waals surface area contributed by atoms with Crippen LogP contribution in [0.3, 0.4) is 0 Å². The second-order valence-electron chi connectivity index (χ2n) is 28.2. The van der Waals surface area contributed by atoms with Crippen LogP contribution in [0.2, 0.25) is 0 Å². The van der Waals surface area contributed by atoms with Crippen molar-refractivity contribution in [1.82, 2.24) is 0 Å². The zero-order valence-electron chi connectivity index (χ0n) is 56.8. The highest BCUT2D eigenvalue weighted by Crippen LogP contribution is 2.50. The molecule has 11 nitrogen and oxygen atoms in total. The molecule has 7 heterocycles. The van der Waals surface area contributed by atoms with Crippen LogP contribution in [-0.4, -0.2) is 92.4 Å². The number of hydrogen-bond acceptors (Lipinski definition) is 11. The molecule has 0 bridgehead atoms. The van der Waals surface area contributed by atoms with Crippen molar-refractivity contribution in [3.05, 3.63) is 0 Å². The summed E-state index contributed by atoms with van der Waals surface area (Å²) in [5.74, 6) is 8.03. The molecule has 0 aromatic heterocycles. The minimum atomic E-state index is -0.578. The molecule has 33 atom stereocenters. The van der Waals surface area contributed by atoms with E-state index in [0.717, 1.165) is 51.4 Å². The Morgan fingerprint density at radius 1 is 0.263 bits per heavy atom. The Morgan fingerprint density at radius 3 is 0.800 bits per heavy atom. The molecule has 7 saturated heterocycles. The number of hydrogen-bond donors (Lipinski definition) is 0. The molecule has 7 fully saturated rings. The summed E-state index contributed by atoms with van der Waals surface area (Å²) in [5, 5.41) is 0. The van der Waals surface area contributed by atoms with Gasteiger partial charge in [-0.1, -0.05) is 187 Å². The molecule has 0 aromatic rings. The maximum absolute atomic E-state index is 6.81. The first-order valence-electron chi connectivity index (χ1n) is 33.9. The van der Waals surface area contributed by atoms with Gasteiger partial charge in [-0.3, -0.25) is 0 Å². The standard InChI is InChI=1S/C29H54O5.2C20H38O3/c1-12-24-18(6)16(4)20(8)27(31-24)30-15-26-19(7)17(5)21(9)28(32-26)34-29(14-3)23(11)22(10)25(13-2)33-29;1-9-17-13(5)12(4)14(6)19(21-17)23-20(11-3)16(8)15(7)18(10-2)22-20;1-9-17-13(5)11(3)15(7)19(21-17)23-20-16(8)12(4)14(6)18(10-2)22-20/h16-28H,12-15H2,1-11H3;12-19H,9-11H2,1-8H3;11-20H,9-10H2,1-8H3/t16-,17-,18+,19-,20+,21+,22-,23-,24+,25+,26+,27-,28+,29-;12-,13-,14+,15-,16-,17+,18+,19+,20-;11-,12-,13-,14-,15+,16+,17+,18+,19+,20+/m000/s1. The van der Waals surface area contributed by atoms with E-state index in [4.69, 9.17) is 52.1 Å². The molecule has 7 aliphatic heterocycles.